The summed E-state index contributed by atoms with van der Waals surface area (Å²) in [5.74, 6) is -1.85. The van der Waals surface area contributed by atoms with Crippen LogP contribution >= 0.6 is 0 Å². The van der Waals surface area contributed by atoms with Gasteiger partial charge in [-0.3, -0.25) is 24.1 Å². The number of rotatable bonds is 13. The minimum atomic E-state index is -1.23. The van der Waals surface area contributed by atoms with Crippen LogP contribution in [0.3, 0.4) is 0 Å². The third-order valence-corrected chi connectivity index (χ3v) is 6.24. The number of morpholine rings is 1. The highest BCUT2D eigenvalue weighted by molar-refractivity contribution is 5.95. The van der Waals surface area contributed by atoms with E-state index in [0.717, 1.165) is 0 Å². The number of aryl methyl sites for hydroxylation is 1. The Morgan fingerprint density at radius 1 is 1.15 bits per heavy atom. The molecule has 0 spiro atoms. The number of ketones is 1. The summed E-state index contributed by atoms with van der Waals surface area (Å²) in [5, 5.41) is 18.4. The average molecular weight is 546 g/mol. The number of carbonyl (C=O) groups is 4. The number of benzene rings is 1. The first-order valence-corrected chi connectivity index (χ1v) is 12.7. The Hall–Kier alpha value is -3.84. The predicted molar refractivity (Wildman–Crippen MR) is 138 cm³/mol. The molecule has 212 valence electrons. The first-order chi connectivity index (χ1) is 18.6. The molecule has 2 unspecified atom stereocenters. The quantitative estimate of drug-likeness (QED) is 0.322. The fraction of sp³-hybridized carbons (Fsp3) is 0.538. The summed E-state index contributed by atoms with van der Waals surface area (Å²) in [6.07, 6.45) is -0.679. The number of nitrogens with one attached hydrogen (secondary N) is 2. The summed E-state index contributed by atoms with van der Waals surface area (Å²) < 4.78 is 15.9. The summed E-state index contributed by atoms with van der Waals surface area (Å²) in [4.78, 5) is 56.6. The molecule has 1 aromatic carbocycles. The lowest BCUT2D eigenvalue weighted by molar-refractivity contribution is -0.141. The van der Waals surface area contributed by atoms with Crippen LogP contribution in [0.1, 0.15) is 31.7 Å². The van der Waals surface area contributed by atoms with E-state index < -0.39 is 42.1 Å². The monoisotopic (exact) mass is 545 g/mol. The molecule has 1 aliphatic rings. The second kappa shape index (κ2) is 13.8. The Labute approximate surface area is 226 Å². The molecule has 1 fully saturated rings. The van der Waals surface area contributed by atoms with Gasteiger partial charge < -0.3 is 29.7 Å². The van der Waals surface area contributed by atoms with Crippen LogP contribution in [-0.4, -0.2) is 95.8 Å². The highest BCUT2D eigenvalue weighted by Crippen LogP contribution is 2.26. The summed E-state index contributed by atoms with van der Waals surface area (Å²) in [6, 6.07) is 2.88. The van der Waals surface area contributed by atoms with Crippen LogP contribution in [0.2, 0.25) is 0 Å². The molecule has 0 saturated carbocycles. The lowest BCUT2D eigenvalue weighted by Gasteiger charge is -2.28. The Morgan fingerprint density at radius 3 is 2.46 bits per heavy atom. The number of hydrogen-bond donors (Lipinski definition) is 3. The van der Waals surface area contributed by atoms with E-state index in [0.29, 0.717) is 54.9 Å². The van der Waals surface area contributed by atoms with Gasteiger partial charge in [-0.05, 0) is 31.0 Å². The number of hydrogen-bond acceptors (Lipinski definition) is 10. The standard InChI is InChI=1S/C26H35N5O8/c1-15(2)24(25(36)28-19(13-23(34)35)20(32)14-31-7-9-38-10-8-31)29-22(33)12-18-11-17(5-6-21(18)37-4)26-27-16(3)30-39-26/h5-6,11,15,19,24H,7-10,12-14H2,1-4H3,(H,28,36)(H,29,33)(H,34,35). The van der Waals surface area contributed by atoms with Crippen molar-refractivity contribution in [1.29, 1.82) is 0 Å². The topological polar surface area (TPSA) is 173 Å². The Bertz CT molecular complexity index is 1170. The van der Waals surface area contributed by atoms with Crippen molar-refractivity contribution in [2.24, 2.45) is 5.92 Å². The molecule has 0 aliphatic carbocycles. The number of ether oxygens (including phenoxy) is 2. The van der Waals surface area contributed by atoms with Crippen molar-refractivity contribution >= 4 is 23.6 Å². The van der Waals surface area contributed by atoms with Gasteiger partial charge >= 0.3 is 5.97 Å². The van der Waals surface area contributed by atoms with E-state index in [9.17, 15) is 24.3 Å². The molecule has 39 heavy (non-hydrogen) atoms. The maximum atomic E-state index is 13.2. The first-order valence-electron chi connectivity index (χ1n) is 12.7. The minimum Gasteiger partial charge on any atom is -0.496 e. The van der Waals surface area contributed by atoms with Crippen LogP contribution < -0.4 is 15.4 Å². The van der Waals surface area contributed by atoms with Crippen LogP contribution in [0, 0.1) is 12.8 Å². The van der Waals surface area contributed by atoms with Gasteiger partial charge in [-0.2, -0.15) is 4.98 Å². The molecular formula is C26H35N5O8. The molecule has 0 radical (unpaired) electrons. The normalized spacial score (nSPS) is 15.4. The smallest absolute Gasteiger partial charge is 0.305 e. The van der Waals surface area contributed by atoms with Crippen molar-refractivity contribution < 1.29 is 38.3 Å². The Balaban J connectivity index is 1.69. The molecule has 13 nitrogen and oxygen atoms in total. The number of carbonyl (C=O) groups excluding carboxylic acids is 3. The number of nitrogens with zero attached hydrogens (tertiary/aromatic N) is 3. The molecule has 1 aliphatic heterocycles. The third-order valence-electron chi connectivity index (χ3n) is 6.24. The van der Waals surface area contributed by atoms with Crippen molar-refractivity contribution in [2.75, 3.05) is 40.0 Å². The summed E-state index contributed by atoms with van der Waals surface area (Å²) >= 11 is 0. The highest BCUT2D eigenvalue weighted by atomic mass is 16.5. The maximum absolute atomic E-state index is 13.2. The molecule has 0 bridgehead atoms. The van der Waals surface area contributed by atoms with Crippen LogP contribution in [-0.2, 0) is 30.3 Å². The van der Waals surface area contributed by atoms with Crippen LogP contribution in [0.25, 0.3) is 11.5 Å². The Kier molecular flexibility index (Phi) is 10.5. The van der Waals surface area contributed by atoms with Gasteiger partial charge in [0, 0.05) is 24.2 Å². The van der Waals surface area contributed by atoms with Gasteiger partial charge in [-0.25, -0.2) is 0 Å². The lowest BCUT2D eigenvalue weighted by atomic mass is 10.0. The zero-order valence-electron chi connectivity index (χ0n) is 22.6. The molecule has 3 rings (SSSR count). The van der Waals surface area contributed by atoms with Gasteiger partial charge in [-0.15, -0.1) is 0 Å². The van der Waals surface area contributed by atoms with E-state index in [1.54, 1.807) is 39.0 Å². The summed E-state index contributed by atoms with van der Waals surface area (Å²) in [6.45, 7) is 7.22. The van der Waals surface area contributed by atoms with Crippen LogP contribution in [0.5, 0.6) is 5.75 Å². The predicted octanol–water partition coefficient (Wildman–Crippen LogP) is 0.598. The first kappa shape index (κ1) is 29.7. The van der Waals surface area contributed by atoms with Crippen LogP contribution in [0.4, 0.5) is 0 Å². The number of Topliss-reactive ketones (excluding diaryl/α,β-unsaturated/α-hetero) is 1. The summed E-state index contributed by atoms with van der Waals surface area (Å²) in [7, 11) is 1.48. The molecule has 3 N–H and O–H groups in total. The maximum Gasteiger partial charge on any atom is 0.305 e. The van der Waals surface area contributed by atoms with E-state index in [4.69, 9.17) is 14.0 Å². The largest absolute Gasteiger partial charge is 0.496 e. The van der Waals surface area contributed by atoms with Gasteiger partial charge in [0.05, 0.1) is 45.8 Å². The van der Waals surface area contributed by atoms with Gasteiger partial charge in [0.15, 0.2) is 11.6 Å². The molecular weight excluding hydrogens is 510 g/mol. The summed E-state index contributed by atoms with van der Waals surface area (Å²) in [5.41, 5.74) is 1.14. The van der Waals surface area contributed by atoms with Gasteiger partial charge in [0.1, 0.15) is 11.8 Å². The number of aromatic nitrogens is 2. The van der Waals surface area contributed by atoms with E-state index in [-0.39, 0.29) is 18.9 Å². The molecule has 2 heterocycles. The van der Waals surface area contributed by atoms with E-state index in [1.165, 1.54) is 7.11 Å². The zero-order chi connectivity index (χ0) is 28.5. The van der Waals surface area contributed by atoms with Crippen molar-refractivity contribution in [3.63, 3.8) is 0 Å². The fourth-order valence-electron chi connectivity index (χ4n) is 4.17. The minimum absolute atomic E-state index is 0.00397. The second-order valence-corrected chi connectivity index (χ2v) is 9.65. The molecule has 2 aromatic rings. The third kappa shape index (κ3) is 8.58. The van der Waals surface area contributed by atoms with Gasteiger partial charge in [0.25, 0.3) is 5.89 Å². The SMILES string of the molecule is COc1ccc(-c2nc(C)no2)cc1CC(=O)NC(C(=O)NC(CC(=O)O)C(=O)CN1CCOCC1)C(C)C. The van der Waals surface area contributed by atoms with E-state index in [2.05, 4.69) is 20.8 Å². The van der Waals surface area contributed by atoms with Gasteiger partial charge in [-0.1, -0.05) is 19.0 Å². The number of carboxylic acids is 1. The van der Waals surface area contributed by atoms with Crippen molar-refractivity contribution in [3.8, 4) is 17.2 Å². The second-order valence-electron chi connectivity index (χ2n) is 9.65. The molecule has 1 aromatic heterocycles. The average Bonchev–Trinajstić information content (AvgIpc) is 3.33. The van der Waals surface area contributed by atoms with E-state index >= 15 is 0 Å². The number of carboxylic acid groups (broad SMARTS) is 1. The van der Waals surface area contributed by atoms with Crippen LogP contribution in [0.15, 0.2) is 22.7 Å². The highest BCUT2D eigenvalue weighted by Gasteiger charge is 2.31. The number of methoxy groups -OCH3 is 1. The lowest BCUT2D eigenvalue weighted by Crippen LogP contribution is -2.55. The Morgan fingerprint density at radius 2 is 1.87 bits per heavy atom. The van der Waals surface area contributed by atoms with E-state index in [1.807, 2.05) is 4.90 Å². The molecule has 2 amide bonds. The van der Waals surface area contributed by atoms with Gasteiger partial charge in [0.2, 0.25) is 11.8 Å². The molecule has 2 atom stereocenters. The fourth-order valence-corrected chi connectivity index (χ4v) is 4.17. The van der Waals surface area contributed by atoms with Crippen molar-refractivity contribution in [3.05, 3.63) is 29.6 Å². The zero-order valence-corrected chi connectivity index (χ0v) is 22.6. The van der Waals surface area contributed by atoms with Crippen molar-refractivity contribution in [1.82, 2.24) is 25.7 Å². The number of aliphatic carboxylic acids is 1. The van der Waals surface area contributed by atoms with Crippen molar-refractivity contribution in [2.45, 2.75) is 45.7 Å². The molecule has 1 saturated heterocycles. The molecule has 13 heteroatoms. The number of amides is 2.